The normalized spacial score (nSPS) is 17.7. The highest BCUT2D eigenvalue weighted by Crippen LogP contribution is 2.36. The Morgan fingerprint density at radius 3 is 2.75 bits per heavy atom. The predicted molar refractivity (Wildman–Crippen MR) is 114 cm³/mol. The van der Waals surface area contributed by atoms with E-state index >= 15 is 0 Å². The molecule has 1 aromatic carbocycles. The number of likely N-dealkylation sites (tertiary alicyclic amines) is 1. The SMILES string of the molecule is c1ncc(-c2ccc(-c3noc(C4CCCN4Cc4ccc5c(c4)OCO5)n3)cn2)cn1. The first-order valence-corrected chi connectivity index (χ1v) is 10.5. The Labute approximate surface area is 184 Å². The number of hydrogen-bond donors (Lipinski definition) is 0. The second-order valence-electron chi connectivity index (χ2n) is 7.83. The van der Waals surface area contributed by atoms with Crippen molar-refractivity contribution in [1.29, 1.82) is 0 Å². The highest BCUT2D eigenvalue weighted by molar-refractivity contribution is 5.61. The molecule has 0 spiro atoms. The molecule has 0 radical (unpaired) electrons. The first-order chi connectivity index (χ1) is 15.8. The van der Waals surface area contributed by atoms with E-state index in [9.17, 15) is 0 Å². The minimum atomic E-state index is 0.0929. The van der Waals surface area contributed by atoms with Gasteiger partial charge in [0.05, 0.1) is 11.7 Å². The zero-order valence-corrected chi connectivity index (χ0v) is 17.2. The fourth-order valence-corrected chi connectivity index (χ4v) is 4.18. The monoisotopic (exact) mass is 428 g/mol. The van der Waals surface area contributed by atoms with E-state index in [1.165, 1.54) is 11.9 Å². The fraction of sp³-hybridized carbons (Fsp3) is 0.261. The maximum absolute atomic E-state index is 5.66. The summed E-state index contributed by atoms with van der Waals surface area (Å²) in [5, 5.41) is 4.21. The van der Waals surface area contributed by atoms with Gasteiger partial charge in [-0.05, 0) is 49.2 Å². The molecule has 6 rings (SSSR count). The summed E-state index contributed by atoms with van der Waals surface area (Å²) in [5.41, 5.74) is 3.63. The van der Waals surface area contributed by atoms with Gasteiger partial charge in [0, 0.05) is 36.3 Å². The van der Waals surface area contributed by atoms with Gasteiger partial charge in [0.1, 0.15) is 6.33 Å². The van der Waals surface area contributed by atoms with Crippen LogP contribution in [-0.4, -0.2) is 43.3 Å². The number of benzene rings is 1. The molecule has 32 heavy (non-hydrogen) atoms. The highest BCUT2D eigenvalue weighted by atomic mass is 16.7. The zero-order chi connectivity index (χ0) is 21.3. The van der Waals surface area contributed by atoms with Gasteiger partial charge in [-0.1, -0.05) is 11.2 Å². The summed E-state index contributed by atoms with van der Waals surface area (Å²) in [6.07, 6.45) is 8.78. The van der Waals surface area contributed by atoms with Crippen molar-refractivity contribution in [3.63, 3.8) is 0 Å². The van der Waals surface area contributed by atoms with Gasteiger partial charge in [0.25, 0.3) is 0 Å². The Bertz CT molecular complexity index is 1230. The van der Waals surface area contributed by atoms with Gasteiger partial charge in [-0.3, -0.25) is 9.88 Å². The van der Waals surface area contributed by atoms with E-state index in [2.05, 4.69) is 36.1 Å². The molecule has 9 nitrogen and oxygen atoms in total. The van der Waals surface area contributed by atoms with Crippen LogP contribution < -0.4 is 9.47 Å². The Balaban J connectivity index is 1.19. The second-order valence-corrected chi connectivity index (χ2v) is 7.83. The van der Waals surface area contributed by atoms with E-state index in [4.69, 9.17) is 14.0 Å². The third-order valence-corrected chi connectivity index (χ3v) is 5.79. The molecule has 9 heteroatoms. The Morgan fingerprint density at radius 1 is 0.969 bits per heavy atom. The third-order valence-electron chi connectivity index (χ3n) is 5.79. The Morgan fingerprint density at radius 2 is 1.88 bits per heavy atom. The van der Waals surface area contributed by atoms with E-state index < -0.39 is 0 Å². The lowest BCUT2D eigenvalue weighted by Crippen LogP contribution is -2.23. The van der Waals surface area contributed by atoms with Crippen LogP contribution in [0.4, 0.5) is 0 Å². The molecule has 1 atom stereocenters. The molecule has 0 N–H and O–H groups in total. The van der Waals surface area contributed by atoms with Crippen molar-refractivity contribution in [3.05, 3.63) is 66.7 Å². The average Bonchev–Trinajstić information content (AvgIpc) is 3.60. The highest BCUT2D eigenvalue weighted by Gasteiger charge is 2.31. The van der Waals surface area contributed by atoms with E-state index in [0.717, 1.165) is 54.3 Å². The van der Waals surface area contributed by atoms with Crippen LogP contribution in [0.5, 0.6) is 11.5 Å². The topological polar surface area (TPSA) is 99.3 Å². The molecule has 0 amide bonds. The molecule has 0 bridgehead atoms. The minimum absolute atomic E-state index is 0.0929. The first kappa shape index (κ1) is 18.9. The number of aromatic nitrogens is 5. The number of hydrogen-bond acceptors (Lipinski definition) is 9. The summed E-state index contributed by atoms with van der Waals surface area (Å²) >= 11 is 0. The molecule has 1 saturated heterocycles. The van der Waals surface area contributed by atoms with Crippen LogP contribution in [-0.2, 0) is 6.54 Å². The van der Waals surface area contributed by atoms with Crippen molar-refractivity contribution in [2.75, 3.05) is 13.3 Å². The zero-order valence-electron chi connectivity index (χ0n) is 17.2. The number of rotatable bonds is 5. The maximum Gasteiger partial charge on any atom is 0.244 e. The maximum atomic E-state index is 5.66. The lowest BCUT2D eigenvalue weighted by Gasteiger charge is -2.21. The largest absolute Gasteiger partial charge is 0.454 e. The number of nitrogens with zero attached hydrogens (tertiary/aromatic N) is 6. The van der Waals surface area contributed by atoms with Crippen LogP contribution in [0, 0.1) is 0 Å². The number of pyridine rings is 1. The molecular weight excluding hydrogens is 408 g/mol. The van der Waals surface area contributed by atoms with Gasteiger partial charge in [-0.2, -0.15) is 4.98 Å². The van der Waals surface area contributed by atoms with Gasteiger partial charge >= 0.3 is 0 Å². The lowest BCUT2D eigenvalue weighted by molar-refractivity contribution is 0.173. The molecule has 5 heterocycles. The van der Waals surface area contributed by atoms with Gasteiger partial charge in [0.15, 0.2) is 11.5 Å². The average molecular weight is 428 g/mol. The van der Waals surface area contributed by atoms with Crippen molar-refractivity contribution < 1.29 is 14.0 Å². The smallest absolute Gasteiger partial charge is 0.244 e. The molecule has 2 aliphatic rings. The number of fused-ring (bicyclic) bond motifs is 1. The van der Waals surface area contributed by atoms with Gasteiger partial charge in [0.2, 0.25) is 18.5 Å². The third kappa shape index (κ3) is 3.56. The van der Waals surface area contributed by atoms with Crippen molar-refractivity contribution in [2.24, 2.45) is 0 Å². The van der Waals surface area contributed by atoms with E-state index in [-0.39, 0.29) is 12.8 Å². The van der Waals surface area contributed by atoms with Gasteiger partial charge in [-0.15, -0.1) is 0 Å². The summed E-state index contributed by atoms with van der Waals surface area (Å²) < 4.78 is 16.6. The fourth-order valence-electron chi connectivity index (χ4n) is 4.18. The van der Waals surface area contributed by atoms with Crippen molar-refractivity contribution >= 4 is 0 Å². The van der Waals surface area contributed by atoms with Crippen molar-refractivity contribution in [3.8, 4) is 34.1 Å². The van der Waals surface area contributed by atoms with Crippen LogP contribution in [0.3, 0.4) is 0 Å². The van der Waals surface area contributed by atoms with Crippen molar-refractivity contribution in [2.45, 2.75) is 25.4 Å². The lowest BCUT2D eigenvalue weighted by atomic mass is 10.1. The summed E-state index contributed by atoms with van der Waals surface area (Å²) in [6.45, 7) is 2.05. The molecule has 2 aliphatic heterocycles. The Hall–Kier alpha value is -3.85. The molecule has 4 aromatic rings. The first-order valence-electron chi connectivity index (χ1n) is 10.5. The van der Waals surface area contributed by atoms with Gasteiger partial charge < -0.3 is 14.0 Å². The van der Waals surface area contributed by atoms with Crippen LogP contribution in [0.15, 0.2) is 59.8 Å². The van der Waals surface area contributed by atoms with E-state index in [0.29, 0.717) is 11.7 Å². The molecular formula is C23H20N6O3. The summed E-state index contributed by atoms with van der Waals surface area (Å²) in [6, 6.07) is 10.0. The molecule has 160 valence electrons. The number of ether oxygens (including phenoxy) is 2. The van der Waals surface area contributed by atoms with E-state index in [1.807, 2.05) is 24.3 Å². The van der Waals surface area contributed by atoms with Gasteiger partial charge in [-0.25, -0.2) is 9.97 Å². The standard InChI is InChI=1S/C23H20N6O3/c1-2-19(29(7-1)12-15-3-6-20-21(8-15)31-14-30-20)23-27-22(28-32-23)16-4-5-18(26-11-16)17-9-24-13-25-10-17/h3-6,8-11,13,19H,1-2,7,12,14H2. The molecule has 0 saturated carbocycles. The van der Waals surface area contributed by atoms with Crippen LogP contribution >= 0.6 is 0 Å². The van der Waals surface area contributed by atoms with Crippen LogP contribution in [0.2, 0.25) is 0 Å². The quantitative estimate of drug-likeness (QED) is 0.471. The summed E-state index contributed by atoms with van der Waals surface area (Å²) in [4.78, 5) is 19.6. The van der Waals surface area contributed by atoms with Crippen molar-refractivity contribution in [1.82, 2.24) is 30.0 Å². The molecule has 3 aromatic heterocycles. The van der Waals surface area contributed by atoms with Crippen LogP contribution in [0.25, 0.3) is 22.6 Å². The summed E-state index contributed by atoms with van der Waals surface area (Å²) in [5.74, 6) is 2.78. The second kappa shape index (κ2) is 8.01. The molecule has 0 aliphatic carbocycles. The van der Waals surface area contributed by atoms with Crippen LogP contribution in [0.1, 0.15) is 30.3 Å². The molecule has 1 fully saturated rings. The van der Waals surface area contributed by atoms with E-state index in [1.54, 1.807) is 18.6 Å². The predicted octanol–water partition coefficient (Wildman–Crippen LogP) is 3.65. The minimum Gasteiger partial charge on any atom is -0.454 e. The summed E-state index contributed by atoms with van der Waals surface area (Å²) in [7, 11) is 0. The Kier molecular flexibility index (Phi) is 4.73. The molecule has 1 unspecified atom stereocenters.